The number of nitrogens with zero attached hydrogens (tertiary/aromatic N) is 2. The number of cyclic esters (lactones) is 1. The maximum atomic E-state index is 12.2. The van der Waals surface area contributed by atoms with Crippen LogP contribution in [0.15, 0.2) is 24.5 Å². The maximum absolute atomic E-state index is 12.2. The van der Waals surface area contributed by atoms with E-state index in [1.54, 1.807) is 18.5 Å². The quantitative estimate of drug-likeness (QED) is 0.771. The molecular formula is C16H22N2O3. The Balaban J connectivity index is 2.00. The highest BCUT2D eigenvalue weighted by Crippen LogP contribution is 2.23. The zero-order valence-electron chi connectivity index (χ0n) is 12.8. The molecule has 5 heteroatoms. The predicted molar refractivity (Wildman–Crippen MR) is 78.8 cm³/mol. The first-order valence-corrected chi connectivity index (χ1v) is 7.29. The summed E-state index contributed by atoms with van der Waals surface area (Å²) in [6.45, 7) is 7.15. The van der Waals surface area contributed by atoms with E-state index in [0.717, 1.165) is 12.1 Å². The van der Waals surface area contributed by atoms with Gasteiger partial charge in [-0.2, -0.15) is 0 Å². The molecule has 0 N–H and O–H groups in total. The summed E-state index contributed by atoms with van der Waals surface area (Å²) in [4.78, 5) is 30.3. The lowest BCUT2D eigenvalue weighted by Gasteiger charge is -2.41. The summed E-state index contributed by atoms with van der Waals surface area (Å²) in [6.07, 6.45) is 3.85. The van der Waals surface area contributed by atoms with E-state index in [1.807, 2.05) is 31.7 Å². The molecule has 1 aliphatic heterocycles. The van der Waals surface area contributed by atoms with E-state index in [2.05, 4.69) is 4.98 Å². The number of carbonyl (C=O) groups is 2. The minimum atomic E-state index is -0.490. The van der Waals surface area contributed by atoms with Crippen LogP contribution in [0, 0.1) is 0 Å². The van der Waals surface area contributed by atoms with Gasteiger partial charge in [0.25, 0.3) is 0 Å². The Labute approximate surface area is 125 Å². The van der Waals surface area contributed by atoms with Crippen molar-refractivity contribution in [3.05, 3.63) is 30.1 Å². The van der Waals surface area contributed by atoms with Crippen molar-refractivity contribution in [3.63, 3.8) is 0 Å². The number of ketones is 1. The second kappa shape index (κ2) is 6.35. The third-order valence-electron chi connectivity index (χ3n) is 3.62. The molecule has 1 aromatic rings. The van der Waals surface area contributed by atoms with Gasteiger partial charge in [-0.3, -0.25) is 19.5 Å². The number of carbonyl (C=O) groups excluding carboxylic acids is 2. The van der Waals surface area contributed by atoms with Crippen LogP contribution in [-0.4, -0.2) is 46.4 Å². The summed E-state index contributed by atoms with van der Waals surface area (Å²) in [7, 11) is 0. The van der Waals surface area contributed by atoms with Crippen molar-refractivity contribution in [2.75, 3.05) is 13.1 Å². The molecular weight excluding hydrogens is 268 g/mol. The minimum Gasteiger partial charge on any atom is -0.457 e. The summed E-state index contributed by atoms with van der Waals surface area (Å²) in [5.74, 6) is -0.268. The topological polar surface area (TPSA) is 59.5 Å². The molecule has 0 aliphatic carbocycles. The van der Waals surface area contributed by atoms with Crippen LogP contribution in [0.1, 0.15) is 32.8 Å². The highest BCUT2D eigenvalue weighted by Gasteiger charge is 2.40. The van der Waals surface area contributed by atoms with Gasteiger partial charge in [0.1, 0.15) is 17.4 Å². The number of morpholine rings is 1. The summed E-state index contributed by atoms with van der Waals surface area (Å²) >= 11 is 0. The molecule has 0 spiro atoms. The van der Waals surface area contributed by atoms with Crippen molar-refractivity contribution in [3.8, 4) is 0 Å². The van der Waals surface area contributed by atoms with Gasteiger partial charge in [0.15, 0.2) is 0 Å². The van der Waals surface area contributed by atoms with Gasteiger partial charge in [0, 0.05) is 31.8 Å². The molecule has 2 heterocycles. The molecule has 1 atom stereocenters. The lowest BCUT2D eigenvalue weighted by Crippen LogP contribution is -2.57. The first-order chi connectivity index (χ1) is 9.91. The standard InChI is InChI=1S/C16H22N2O3/c1-4-18-11-16(2,3)21-15(20)14(18)9-13(19)8-12-6-5-7-17-10-12/h5-7,10,14H,4,8-9,11H2,1-3H3. The fourth-order valence-corrected chi connectivity index (χ4v) is 2.68. The van der Waals surface area contributed by atoms with Crippen LogP contribution in [0.2, 0.25) is 0 Å². The molecule has 114 valence electrons. The highest BCUT2D eigenvalue weighted by molar-refractivity contribution is 5.88. The van der Waals surface area contributed by atoms with Gasteiger partial charge in [-0.15, -0.1) is 0 Å². The van der Waals surface area contributed by atoms with Gasteiger partial charge in [-0.25, -0.2) is 0 Å². The van der Waals surface area contributed by atoms with Crippen molar-refractivity contribution in [2.45, 2.75) is 45.3 Å². The predicted octanol–water partition coefficient (Wildman–Crippen LogP) is 1.61. The summed E-state index contributed by atoms with van der Waals surface area (Å²) in [5, 5.41) is 0. The average molecular weight is 290 g/mol. The summed E-state index contributed by atoms with van der Waals surface area (Å²) in [6, 6.07) is 3.20. The van der Waals surface area contributed by atoms with E-state index in [0.29, 0.717) is 13.0 Å². The Morgan fingerprint density at radius 1 is 1.52 bits per heavy atom. The Morgan fingerprint density at radius 2 is 2.29 bits per heavy atom. The molecule has 0 bridgehead atoms. The fraction of sp³-hybridized carbons (Fsp3) is 0.562. The SMILES string of the molecule is CCN1CC(C)(C)OC(=O)C1CC(=O)Cc1cccnc1. The molecule has 21 heavy (non-hydrogen) atoms. The van der Waals surface area contributed by atoms with Crippen LogP contribution in [0.3, 0.4) is 0 Å². The first kappa shape index (κ1) is 15.6. The Hall–Kier alpha value is -1.75. The van der Waals surface area contributed by atoms with Gasteiger partial charge in [-0.05, 0) is 32.0 Å². The van der Waals surface area contributed by atoms with Crippen LogP contribution >= 0.6 is 0 Å². The van der Waals surface area contributed by atoms with Gasteiger partial charge in [0.2, 0.25) is 0 Å². The molecule has 2 rings (SSSR count). The van der Waals surface area contributed by atoms with Gasteiger partial charge >= 0.3 is 5.97 Å². The largest absolute Gasteiger partial charge is 0.457 e. The number of hydrogen-bond donors (Lipinski definition) is 0. The molecule has 1 unspecified atom stereocenters. The second-order valence-electron chi connectivity index (χ2n) is 6.04. The maximum Gasteiger partial charge on any atom is 0.324 e. The molecule has 0 aromatic carbocycles. The summed E-state index contributed by atoms with van der Waals surface area (Å²) in [5.41, 5.74) is 0.380. The Kier molecular flexibility index (Phi) is 4.73. The van der Waals surface area contributed by atoms with E-state index in [9.17, 15) is 9.59 Å². The van der Waals surface area contributed by atoms with Crippen molar-refractivity contribution < 1.29 is 14.3 Å². The van der Waals surface area contributed by atoms with E-state index in [-0.39, 0.29) is 18.2 Å². The smallest absolute Gasteiger partial charge is 0.324 e. The molecule has 5 nitrogen and oxygen atoms in total. The zero-order valence-corrected chi connectivity index (χ0v) is 12.8. The normalized spacial score (nSPS) is 21.9. The van der Waals surface area contributed by atoms with Gasteiger partial charge in [-0.1, -0.05) is 13.0 Å². The number of esters is 1. The van der Waals surface area contributed by atoms with Crippen LogP contribution in [-0.2, 0) is 20.7 Å². The number of rotatable bonds is 5. The van der Waals surface area contributed by atoms with E-state index in [4.69, 9.17) is 4.74 Å². The summed E-state index contributed by atoms with van der Waals surface area (Å²) < 4.78 is 5.42. The third-order valence-corrected chi connectivity index (χ3v) is 3.62. The molecule has 0 amide bonds. The van der Waals surface area contributed by atoms with Crippen molar-refractivity contribution in [2.24, 2.45) is 0 Å². The Morgan fingerprint density at radius 3 is 2.90 bits per heavy atom. The number of Topliss-reactive ketones (excluding diaryl/α,β-unsaturated/α-hetero) is 1. The van der Waals surface area contributed by atoms with E-state index >= 15 is 0 Å². The van der Waals surface area contributed by atoms with Crippen LogP contribution < -0.4 is 0 Å². The van der Waals surface area contributed by atoms with E-state index in [1.165, 1.54) is 0 Å². The number of pyridine rings is 1. The van der Waals surface area contributed by atoms with Crippen molar-refractivity contribution in [1.29, 1.82) is 0 Å². The Bertz CT molecular complexity index is 514. The molecule has 1 aliphatic rings. The molecule has 1 aromatic heterocycles. The van der Waals surface area contributed by atoms with Crippen LogP contribution in [0.25, 0.3) is 0 Å². The minimum absolute atomic E-state index is 0.0307. The number of aromatic nitrogens is 1. The van der Waals surface area contributed by atoms with Crippen LogP contribution in [0.5, 0.6) is 0 Å². The molecule has 0 saturated carbocycles. The molecule has 0 radical (unpaired) electrons. The zero-order chi connectivity index (χ0) is 15.5. The third kappa shape index (κ3) is 4.11. The van der Waals surface area contributed by atoms with Crippen molar-refractivity contribution in [1.82, 2.24) is 9.88 Å². The molecule has 1 fully saturated rings. The number of hydrogen-bond acceptors (Lipinski definition) is 5. The first-order valence-electron chi connectivity index (χ1n) is 7.29. The second-order valence-corrected chi connectivity index (χ2v) is 6.04. The number of likely N-dealkylation sites (N-methyl/N-ethyl adjacent to an activating group) is 1. The lowest BCUT2D eigenvalue weighted by molar-refractivity contribution is -0.178. The van der Waals surface area contributed by atoms with Crippen LogP contribution in [0.4, 0.5) is 0 Å². The highest BCUT2D eigenvalue weighted by atomic mass is 16.6. The van der Waals surface area contributed by atoms with E-state index < -0.39 is 11.6 Å². The van der Waals surface area contributed by atoms with Gasteiger partial charge in [0.05, 0.1) is 0 Å². The monoisotopic (exact) mass is 290 g/mol. The lowest BCUT2D eigenvalue weighted by atomic mass is 9.98. The van der Waals surface area contributed by atoms with Gasteiger partial charge < -0.3 is 4.74 Å². The van der Waals surface area contributed by atoms with Crippen molar-refractivity contribution >= 4 is 11.8 Å². The number of ether oxygens (including phenoxy) is 1. The molecule has 1 saturated heterocycles. The average Bonchev–Trinajstić information content (AvgIpc) is 2.42. The fourth-order valence-electron chi connectivity index (χ4n) is 2.68.